The zero-order chi connectivity index (χ0) is 13.1. The van der Waals surface area contributed by atoms with Gasteiger partial charge in [-0.3, -0.25) is 0 Å². The molecule has 4 heteroatoms. The van der Waals surface area contributed by atoms with Crippen molar-refractivity contribution in [2.45, 2.75) is 13.8 Å². The van der Waals surface area contributed by atoms with Gasteiger partial charge in [-0.1, -0.05) is 12.1 Å². The fourth-order valence-corrected chi connectivity index (χ4v) is 2.46. The lowest BCUT2D eigenvalue weighted by Gasteiger charge is -2.32. The van der Waals surface area contributed by atoms with Gasteiger partial charge in [0.05, 0.1) is 33.2 Å². The number of benzene rings is 1. The highest BCUT2D eigenvalue weighted by Crippen LogP contribution is 2.18. The second-order valence-electron chi connectivity index (χ2n) is 5.12. The predicted molar refractivity (Wildman–Crippen MR) is 80.3 cm³/mol. The Morgan fingerprint density at radius 3 is 2.61 bits per heavy atom. The Kier molecular flexibility index (Phi) is 4.19. The van der Waals surface area contributed by atoms with Crippen LogP contribution in [0.15, 0.2) is 18.2 Å². The molecule has 1 aliphatic heterocycles. The van der Waals surface area contributed by atoms with Gasteiger partial charge < -0.3 is 15.1 Å². The number of thiocarbonyl (C=S) groups is 1. The smallest absolute Gasteiger partial charge is 0.173 e. The van der Waals surface area contributed by atoms with E-state index in [9.17, 15) is 0 Å². The maximum Gasteiger partial charge on any atom is 0.173 e. The monoisotopic (exact) mass is 264 g/mol. The van der Waals surface area contributed by atoms with E-state index < -0.39 is 0 Å². The SMILES string of the molecule is Cc1cccc(NC(=S)N2CC[NH+](C)CC2)c1C. The molecule has 0 radical (unpaired) electrons. The number of likely N-dealkylation sites (N-methyl/N-ethyl adjacent to an activating group) is 1. The summed E-state index contributed by atoms with van der Waals surface area (Å²) >= 11 is 5.50. The molecule has 0 aromatic heterocycles. The lowest BCUT2D eigenvalue weighted by molar-refractivity contribution is -0.883. The molecule has 0 aliphatic carbocycles. The number of hydrogen-bond acceptors (Lipinski definition) is 1. The molecule has 0 unspecified atom stereocenters. The molecule has 2 N–H and O–H groups in total. The van der Waals surface area contributed by atoms with E-state index in [1.165, 1.54) is 11.1 Å². The molecule has 0 amide bonds. The number of rotatable bonds is 1. The van der Waals surface area contributed by atoms with E-state index in [-0.39, 0.29) is 0 Å². The second-order valence-corrected chi connectivity index (χ2v) is 5.51. The lowest BCUT2D eigenvalue weighted by atomic mass is 10.1. The molecule has 98 valence electrons. The van der Waals surface area contributed by atoms with Gasteiger partial charge in [-0.25, -0.2) is 0 Å². The Morgan fingerprint density at radius 2 is 1.94 bits per heavy atom. The maximum absolute atomic E-state index is 5.50. The van der Waals surface area contributed by atoms with Crippen molar-refractivity contribution in [2.75, 3.05) is 38.5 Å². The number of piperazine rings is 1. The van der Waals surface area contributed by atoms with Gasteiger partial charge in [-0.2, -0.15) is 0 Å². The normalized spacial score (nSPS) is 16.7. The Hall–Kier alpha value is -1.13. The van der Waals surface area contributed by atoms with Crippen LogP contribution in [-0.2, 0) is 0 Å². The summed E-state index contributed by atoms with van der Waals surface area (Å²) in [7, 11) is 2.23. The van der Waals surface area contributed by atoms with Crippen LogP contribution in [0.1, 0.15) is 11.1 Å². The van der Waals surface area contributed by atoms with Crippen molar-refractivity contribution in [3.63, 3.8) is 0 Å². The van der Waals surface area contributed by atoms with Crippen molar-refractivity contribution in [1.82, 2.24) is 4.90 Å². The van der Waals surface area contributed by atoms with Crippen molar-refractivity contribution in [1.29, 1.82) is 0 Å². The predicted octanol–water partition coefficient (Wildman–Crippen LogP) is 0.831. The van der Waals surface area contributed by atoms with E-state index in [0.29, 0.717) is 0 Å². The molecule has 1 heterocycles. The van der Waals surface area contributed by atoms with Gasteiger partial charge in [0.15, 0.2) is 5.11 Å². The van der Waals surface area contributed by atoms with Crippen molar-refractivity contribution < 1.29 is 4.90 Å². The van der Waals surface area contributed by atoms with Crippen molar-refractivity contribution in [3.05, 3.63) is 29.3 Å². The van der Waals surface area contributed by atoms with Gasteiger partial charge >= 0.3 is 0 Å². The third kappa shape index (κ3) is 3.00. The molecule has 1 aliphatic rings. The van der Waals surface area contributed by atoms with Gasteiger partial charge in [0.2, 0.25) is 0 Å². The molecule has 0 bridgehead atoms. The van der Waals surface area contributed by atoms with Crippen molar-refractivity contribution >= 4 is 23.0 Å². The third-order valence-corrected chi connectivity index (χ3v) is 4.11. The molecular formula is C14H22N3S+. The quantitative estimate of drug-likeness (QED) is 0.733. The van der Waals surface area contributed by atoms with Crippen LogP contribution in [0.5, 0.6) is 0 Å². The highest BCUT2D eigenvalue weighted by molar-refractivity contribution is 7.80. The fourth-order valence-electron chi connectivity index (χ4n) is 2.17. The molecule has 1 saturated heterocycles. The number of aryl methyl sites for hydroxylation is 1. The fraction of sp³-hybridized carbons (Fsp3) is 0.500. The van der Waals surface area contributed by atoms with Gasteiger partial charge in [0, 0.05) is 5.69 Å². The Bertz CT molecular complexity index is 437. The topological polar surface area (TPSA) is 19.7 Å². The molecule has 1 fully saturated rings. The molecule has 0 saturated carbocycles. The Morgan fingerprint density at radius 1 is 1.28 bits per heavy atom. The summed E-state index contributed by atoms with van der Waals surface area (Å²) in [4.78, 5) is 3.85. The van der Waals surface area contributed by atoms with Gasteiger partial charge in [0.1, 0.15) is 0 Å². The van der Waals surface area contributed by atoms with Crippen LogP contribution in [0, 0.1) is 13.8 Å². The van der Waals surface area contributed by atoms with Crippen molar-refractivity contribution in [2.24, 2.45) is 0 Å². The Labute approximate surface area is 115 Å². The maximum atomic E-state index is 5.50. The van der Waals surface area contributed by atoms with Crippen LogP contribution < -0.4 is 10.2 Å². The zero-order valence-corrected chi connectivity index (χ0v) is 12.2. The summed E-state index contributed by atoms with van der Waals surface area (Å²) in [5, 5.41) is 4.24. The second kappa shape index (κ2) is 5.67. The van der Waals surface area contributed by atoms with E-state index in [4.69, 9.17) is 12.2 Å². The molecule has 2 rings (SSSR count). The lowest BCUT2D eigenvalue weighted by Crippen LogP contribution is -3.12. The standard InChI is InChI=1S/C14H21N3S/c1-11-5-4-6-13(12(11)2)15-14(18)17-9-7-16(3)8-10-17/h4-6H,7-10H2,1-3H3,(H,15,18)/p+1. The van der Waals surface area contributed by atoms with Crippen molar-refractivity contribution in [3.8, 4) is 0 Å². The average molecular weight is 264 g/mol. The van der Waals surface area contributed by atoms with E-state index in [1.54, 1.807) is 4.90 Å². The van der Waals surface area contributed by atoms with E-state index in [2.05, 4.69) is 49.3 Å². The molecular weight excluding hydrogens is 242 g/mol. The van der Waals surface area contributed by atoms with E-state index in [0.717, 1.165) is 37.0 Å². The number of nitrogens with one attached hydrogen (secondary N) is 2. The average Bonchev–Trinajstić information content (AvgIpc) is 2.36. The first kappa shape index (κ1) is 13.3. The van der Waals surface area contributed by atoms with Crippen LogP contribution in [0.3, 0.4) is 0 Å². The van der Waals surface area contributed by atoms with E-state index >= 15 is 0 Å². The first-order valence-corrected chi connectivity index (χ1v) is 6.92. The first-order valence-electron chi connectivity index (χ1n) is 6.51. The van der Waals surface area contributed by atoms with Crippen LogP contribution in [-0.4, -0.2) is 43.2 Å². The van der Waals surface area contributed by atoms with Crippen LogP contribution in [0.25, 0.3) is 0 Å². The third-order valence-electron chi connectivity index (χ3n) is 3.75. The largest absolute Gasteiger partial charge is 0.338 e. The summed E-state index contributed by atoms with van der Waals surface area (Å²) in [5.41, 5.74) is 3.71. The van der Waals surface area contributed by atoms with Crippen LogP contribution >= 0.6 is 12.2 Å². The molecule has 0 spiro atoms. The van der Waals surface area contributed by atoms with Crippen LogP contribution in [0.2, 0.25) is 0 Å². The minimum Gasteiger partial charge on any atom is -0.338 e. The number of anilines is 1. The minimum absolute atomic E-state index is 0.858. The highest BCUT2D eigenvalue weighted by Gasteiger charge is 2.19. The number of hydrogen-bond donors (Lipinski definition) is 2. The van der Waals surface area contributed by atoms with E-state index in [1.807, 2.05) is 0 Å². The highest BCUT2D eigenvalue weighted by atomic mass is 32.1. The molecule has 1 aromatic rings. The molecule has 0 atom stereocenters. The molecule has 18 heavy (non-hydrogen) atoms. The van der Waals surface area contributed by atoms with Gasteiger partial charge in [-0.15, -0.1) is 0 Å². The summed E-state index contributed by atoms with van der Waals surface area (Å²) in [6.07, 6.45) is 0. The van der Waals surface area contributed by atoms with Gasteiger partial charge in [0.25, 0.3) is 0 Å². The molecule has 1 aromatic carbocycles. The summed E-state index contributed by atoms with van der Waals surface area (Å²) < 4.78 is 0. The van der Waals surface area contributed by atoms with Crippen LogP contribution in [0.4, 0.5) is 5.69 Å². The first-order chi connectivity index (χ1) is 8.58. The molecule has 3 nitrogen and oxygen atoms in total. The summed E-state index contributed by atoms with van der Waals surface area (Å²) in [6, 6.07) is 6.29. The summed E-state index contributed by atoms with van der Waals surface area (Å²) in [6.45, 7) is 8.67. The zero-order valence-electron chi connectivity index (χ0n) is 11.4. The summed E-state index contributed by atoms with van der Waals surface area (Å²) in [5.74, 6) is 0. The number of quaternary nitrogens is 1. The Balaban J connectivity index is 2.01. The minimum atomic E-state index is 0.858. The number of nitrogens with zero attached hydrogens (tertiary/aromatic N) is 1. The van der Waals surface area contributed by atoms with Gasteiger partial charge in [-0.05, 0) is 43.3 Å².